The molecule has 0 bridgehead atoms. The van der Waals surface area contributed by atoms with Gasteiger partial charge in [-0.3, -0.25) is 0 Å². The molecule has 0 saturated carbocycles. The second-order valence-corrected chi connectivity index (χ2v) is 5.21. The lowest BCUT2D eigenvalue weighted by Crippen LogP contribution is -2.30. The fourth-order valence-electron chi connectivity index (χ4n) is 1.82. The number of rotatable bonds is 2. The number of ether oxygens (including phenoxy) is 1. The van der Waals surface area contributed by atoms with Gasteiger partial charge < -0.3 is 9.64 Å². The molecule has 2 nitrogen and oxygen atoms in total. The van der Waals surface area contributed by atoms with E-state index in [9.17, 15) is 0 Å². The molecule has 16 heavy (non-hydrogen) atoms. The van der Waals surface area contributed by atoms with E-state index in [1.165, 1.54) is 17.9 Å². The van der Waals surface area contributed by atoms with E-state index in [-0.39, 0.29) is 12.4 Å². The standard InChI is InChI=1S/C12H17NOS.ClH/c1-13-6-7-15-12(9-13)10-4-3-5-11(8-10)14-2;/h3-5,8,12H,6-7,9H2,1-2H3;1H. The van der Waals surface area contributed by atoms with Crippen LogP contribution in [0.25, 0.3) is 0 Å². The van der Waals surface area contributed by atoms with Crippen LogP contribution in [-0.4, -0.2) is 37.9 Å². The van der Waals surface area contributed by atoms with Crippen LogP contribution in [0.3, 0.4) is 0 Å². The molecule has 4 heteroatoms. The summed E-state index contributed by atoms with van der Waals surface area (Å²) in [6, 6.07) is 8.42. The summed E-state index contributed by atoms with van der Waals surface area (Å²) >= 11 is 2.04. The zero-order valence-corrected chi connectivity index (χ0v) is 11.3. The summed E-state index contributed by atoms with van der Waals surface area (Å²) in [6.07, 6.45) is 0. The summed E-state index contributed by atoms with van der Waals surface area (Å²) in [6.45, 7) is 2.34. The average Bonchev–Trinajstić information content (AvgIpc) is 2.29. The Morgan fingerprint density at radius 3 is 2.94 bits per heavy atom. The van der Waals surface area contributed by atoms with Gasteiger partial charge in [0.1, 0.15) is 5.75 Å². The maximum absolute atomic E-state index is 5.25. The van der Waals surface area contributed by atoms with Crippen LogP contribution in [0.15, 0.2) is 24.3 Å². The normalized spacial score (nSPS) is 21.2. The third-order valence-corrected chi connectivity index (χ3v) is 3.98. The van der Waals surface area contributed by atoms with Crippen LogP contribution in [0.1, 0.15) is 10.8 Å². The van der Waals surface area contributed by atoms with Crippen molar-refractivity contribution in [2.24, 2.45) is 0 Å². The molecule has 1 heterocycles. The lowest BCUT2D eigenvalue weighted by Gasteiger charge is -2.29. The number of hydrogen-bond acceptors (Lipinski definition) is 3. The molecular weight excluding hydrogens is 242 g/mol. The van der Waals surface area contributed by atoms with Gasteiger partial charge in [0.2, 0.25) is 0 Å². The average molecular weight is 260 g/mol. The van der Waals surface area contributed by atoms with Crippen molar-refractivity contribution in [3.63, 3.8) is 0 Å². The Hall–Kier alpha value is -0.380. The van der Waals surface area contributed by atoms with E-state index in [1.807, 2.05) is 17.8 Å². The van der Waals surface area contributed by atoms with Crippen molar-refractivity contribution in [1.29, 1.82) is 0 Å². The first-order valence-corrected chi connectivity index (χ1v) is 6.28. The fraction of sp³-hybridized carbons (Fsp3) is 0.500. The van der Waals surface area contributed by atoms with Crippen LogP contribution in [0.4, 0.5) is 0 Å². The van der Waals surface area contributed by atoms with Crippen molar-refractivity contribution in [2.45, 2.75) is 5.25 Å². The summed E-state index contributed by atoms with van der Waals surface area (Å²) in [5.41, 5.74) is 1.38. The second-order valence-electron chi connectivity index (χ2n) is 3.90. The Balaban J connectivity index is 0.00000128. The predicted molar refractivity (Wildman–Crippen MR) is 72.9 cm³/mol. The topological polar surface area (TPSA) is 12.5 Å². The lowest BCUT2D eigenvalue weighted by molar-refractivity contribution is 0.346. The molecule has 0 radical (unpaired) electrons. The van der Waals surface area contributed by atoms with Gasteiger partial charge in [-0.15, -0.1) is 12.4 Å². The van der Waals surface area contributed by atoms with Gasteiger partial charge in [-0.25, -0.2) is 0 Å². The van der Waals surface area contributed by atoms with Crippen molar-refractivity contribution in [3.8, 4) is 5.75 Å². The minimum atomic E-state index is 0. The molecule has 1 aromatic carbocycles. The Morgan fingerprint density at radius 2 is 2.25 bits per heavy atom. The van der Waals surface area contributed by atoms with E-state index >= 15 is 0 Å². The summed E-state index contributed by atoms with van der Waals surface area (Å²) in [4.78, 5) is 2.39. The van der Waals surface area contributed by atoms with Crippen molar-refractivity contribution in [2.75, 3.05) is 33.0 Å². The summed E-state index contributed by atoms with van der Waals surface area (Å²) in [5.74, 6) is 2.18. The van der Waals surface area contributed by atoms with Gasteiger partial charge >= 0.3 is 0 Å². The molecule has 1 saturated heterocycles. The monoisotopic (exact) mass is 259 g/mol. The Labute approximate surface area is 108 Å². The van der Waals surface area contributed by atoms with Gasteiger partial charge in [0.25, 0.3) is 0 Å². The first-order chi connectivity index (χ1) is 7.29. The lowest BCUT2D eigenvalue weighted by atomic mass is 10.1. The van der Waals surface area contributed by atoms with E-state index in [1.54, 1.807) is 7.11 Å². The molecule has 90 valence electrons. The summed E-state index contributed by atoms with van der Waals surface area (Å²) in [7, 11) is 3.91. The number of benzene rings is 1. The van der Waals surface area contributed by atoms with E-state index in [2.05, 4.69) is 30.1 Å². The van der Waals surface area contributed by atoms with Crippen LogP contribution >= 0.6 is 24.2 Å². The molecule has 0 aliphatic carbocycles. The first kappa shape index (κ1) is 13.7. The third-order valence-electron chi connectivity index (χ3n) is 2.74. The minimum absolute atomic E-state index is 0. The second kappa shape index (κ2) is 6.38. The molecule has 0 amide bonds. The van der Waals surface area contributed by atoms with Crippen LogP contribution in [0, 0.1) is 0 Å². The molecule has 0 aromatic heterocycles. The molecule has 2 rings (SSSR count). The number of likely N-dealkylation sites (N-methyl/N-ethyl adjacent to an activating group) is 1. The zero-order valence-electron chi connectivity index (χ0n) is 9.68. The van der Waals surface area contributed by atoms with Crippen LogP contribution in [0.2, 0.25) is 0 Å². The number of thioether (sulfide) groups is 1. The van der Waals surface area contributed by atoms with E-state index in [0.717, 1.165) is 12.3 Å². The quantitative estimate of drug-likeness (QED) is 0.811. The van der Waals surface area contributed by atoms with Gasteiger partial charge in [0.05, 0.1) is 7.11 Å². The highest BCUT2D eigenvalue weighted by Gasteiger charge is 2.19. The first-order valence-electron chi connectivity index (χ1n) is 5.23. The molecule has 1 unspecified atom stereocenters. The van der Waals surface area contributed by atoms with Crippen molar-refractivity contribution < 1.29 is 4.74 Å². The van der Waals surface area contributed by atoms with E-state index in [0.29, 0.717) is 5.25 Å². The Bertz CT molecular complexity index is 335. The third kappa shape index (κ3) is 3.30. The highest BCUT2D eigenvalue weighted by Crippen LogP contribution is 2.33. The summed E-state index contributed by atoms with van der Waals surface area (Å²) in [5, 5.41) is 0.596. The van der Waals surface area contributed by atoms with Crippen molar-refractivity contribution >= 4 is 24.2 Å². The smallest absolute Gasteiger partial charge is 0.119 e. The maximum Gasteiger partial charge on any atom is 0.119 e. The largest absolute Gasteiger partial charge is 0.497 e. The molecule has 0 N–H and O–H groups in total. The highest BCUT2D eigenvalue weighted by molar-refractivity contribution is 7.99. The predicted octanol–water partition coefficient (Wildman–Crippen LogP) is 2.84. The van der Waals surface area contributed by atoms with Crippen LogP contribution in [0.5, 0.6) is 5.75 Å². The van der Waals surface area contributed by atoms with Crippen LogP contribution < -0.4 is 4.74 Å². The van der Waals surface area contributed by atoms with Gasteiger partial charge in [-0.05, 0) is 24.7 Å². The van der Waals surface area contributed by atoms with Crippen LogP contribution in [-0.2, 0) is 0 Å². The summed E-state index contributed by atoms with van der Waals surface area (Å²) < 4.78 is 5.25. The number of nitrogens with zero attached hydrogens (tertiary/aromatic N) is 1. The van der Waals surface area contributed by atoms with Gasteiger partial charge in [-0.1, -0.05) is 12.1 Å². The van der Waals surface area contributed by atoms with Gasteiger partial charge in [-0.2, -0.15) is 11.8 Å². The fourth-order valence-corrected chi connectivity index (χ4v) is 3.22. The Morgan fingerprint density at radius 1 is 1.44 bits per heavy atom. The minimum Gasteiger partial charge on any atom is -0.497 e. The molecule has 1 atom stereocenters. The van der Waals surface area contributed by atoms with Crippen molar-refractivity contribution in [1.82, 2.24) is 4.90 Å². The van der Waals surface area contributed by atoms with Crippen molar-refractivity contribution in [3.05, 3.63) is 29.8 Å². The highest BCUT2D eigenvalue weighted by atomic mass is 35.5. The molecule has 1 aliphatic rings. The molecular formula is C12H18ClNOS. The zero-order chi connectivity index (χ0) is 10.7. The molecule has 0 spiro atoms. The number of halogens is 1. The van der Waals surface area contributed by atoms with Gasteiger partial charge in [0, 0.05) is 24.1 Å². The molecule has 1 aliphatic heterocycles. The Kier molecular flexibility index (Phi) is 5.46. The number of methoxy groups -OCH3 is 1. The van der Waals surface area contributed by atoms with E-state index in [4.69, 9.17) is 4.74 Å². The van der Waals surface area contributed by atoms with E-state index < -0.39 is 0 Å². The van der Waals surface area contributed by atoms with Gasteiger partial charge in [0.15, 0.2) is 0 Å². The maximum atomic E-state index is 5.25. The molecule has 1 aromatic rings. The number of hydrogen-bond donors (Lipinski definition) is 0. The molecule has 1 fully saturated rings. The SMILES string of the molecule is COc1cccc(C2CN(C)CCS2)c1.Cl.